The number of carbonyl (C=O) groups is 5. The predicted molar refractivity (Wildman–Crippen MR) is 163 cm³/mol. The monoisotopic (exact) mass is 634 g/mol. The number of carboxylic acids is 1. The fourth-order valence-corrected chi connectivity index (χ4v) is 7.51. The zero-order chi connectivity index (χ0) is 33.0. The fourth-order valence-electron chi connectivity index (χ4n) is 7.51. The number of amides is 3. The molecule has 0 spiro atoms. The number of ether oxygens (including phenoxy) is 1. The summed E-state index contributed by atoms with van der Waals surface area (Å²) < 4.78 is 5.77. The van der Waals surface area contributed by atoms with Crippen molar-refractivity contribution in [3.05, 3.63) is 64.6 Å². The number of nitrogens with one attached hydrogen (secondary N) is 3. The smallest absolute Gasteiger partial charge is 0.330 e. The van der Waals surface area contributed by atoms with Crippen LogP contribution in [0.4, 0.5) is 5.69 Å². The minimum absolute atomic E-state index is 0.0816. The first-order valence-corrected chi connectivity index (χ1v) is 15.3. The Bertz CT molecular complexity index is 1600. The molecule has 2 unspecified atom stereocenters. The zero-order valence-electron chi connectivity index (χ0n) is 25.7. The maximum atomic E-state index is 13.4. The van der Waals surface area contributed by atoms with Crippen LogP contribution >= 0.6 is 0 Å². The number of carbonyl (C=O) groups excluding carboxylic acids is 4. The molecule has 46 heavy (non-hydrogen) atoms. The molecule has 4 N–H and O–H groups in total. The molecule has 4 saturated carbocycles. The van der Waals surface area contributed by atoms with Crippen molar-refractivity contribution in [1.82, 2.24) is 25.2 Å². The Morgan fingerprint density at radius 2 is 1.91 bits per heavy atom. The van der Waals surface area contributed by atoms with E-state index in [9.17, 15) is 33.9 Å². The van der Waals surface area contributed by atoms with Crippen LogP contribution in [0.1, 0.15) is 61.0 Å². The van der Waals surface area contributed by atoms with E-state index in [0.29, 0.717) is 30.9 Å². The van der Waals surface area contributed by atoms with Crippen molar-refractivity contribution in [3.63, 3.8) is 0 Å². The third-order valence-electron chi connectivity index (χ3n) is 9.50. The van der Waals surface area contributed by atoms with E-state index in [-0.39, 0.29) is 54.4 Å². The molecule has 2 aromatic heterocycles. The van der Waals surface area contributed by atoms with Crippen LogP contribution in [0.3, 0.4) is 0 Å². The van der Waals surface area contributed by atoms with E-state index in [0.717, 1.165) is 12.8 Å². The highest BCUT2D eigenvalue weighted by Crippen LogP contribution is 2.60. The average Bonchev–Trinajstić information content (AvgIpc) is 3.02. The third-order valence-corrected chi connectivity index (χ3v) is 9.50. The first kappa shape index (κ1) is 32.5. The largest absolute Gasteiger partial charge is 0.481 e. The van der Waals surface area contributed by atoms with E-state index in [1.807, 2.05) is 0 Å². The molecular weight excluding hydrogens is 596 g/mol. The Morgan fingerprint density at radius 1 is 1.17 bits per heavy atom. The molecule has 4 fully saturated rings. The first-order chi connectivity index (χ1) is 22.0. The fraction of sp³-hybridized carbons (Fsp3) is 0.500. The van der Waals surface area contributed by atoms with Crippen LogP contribution in [-0.4, -0.2) is 68.5 Å². The van der Waals surface area contributed by atoms with Crippen molar-refractivity contribution in [2.45, 2.75) is 70.5 Å². The molecule has 0 saturated heterocycles. The Kier molecular flexibility index (Phi) is 9.63. The molecule has 14 nitrogen and oxygen atoms in total. The second kappa shape index (κ2) is 13.6. The van der Waals surface area contributed by atoms with Crippen molar-refractivity contribution in [2.24, 2.45) is 23.2 Å². The van der Waals surface area contributed by atoms with Crippen LogP contribution in [0.15, 0.2) is 47.8 Å². The molecule has 4 aliphatic rings. The van der Waals surface area contributed by atoms with Gasteiger partial charge in [-0.2, -0.15) is 0 Å². The number of esters is 1. The van der Waals surface area contributed by atoms with Gasteiger partial charge in [0.15, 0.2) is 0 Å². The lowest BCUT2D eigenvalue weighted by Crippen LogP contribution is -2.61. The summed E-state index contributed by atoms with van der Waals surface area (Å²) in [6.45, 7) is 1.35. The van der Waals surface area contributed by atoms with Crippen LogP contribution in [0, 0.1) is 30.1 Å². The van der Waals surface area contributed by atoms with Crippen LogP contribution < -0.4 is 21.5 Å². The number of rotatable bonds is 12. The second-order valence-corrected chi connectivity index (χ2v) is 12.5. The number of anilines is 1. The van der Waals surface area contributed by atoms with E-state index in [1.54, 1.807) is 6.92 Å². The predicted octanol–water partition coefficient (Wildman–Crippen LogP) is 1.59. The van der Waals surface area contributed by atoms with Crippen LogP contribution in [0.5, 0.6) is 0 Å². The molecule has 3 amide bonds. The lowest BCUT2D eigenvalue weighted by molar-refractivity contribution is -0.167. The lowest BCUT2D eigenvalue weighted by Gasteiger charge is -2.58. The van der Waals surface area contributed by atoms with Gasteiger partial charge in [-0.3, -0.25) is 24.0 Å². The minimum atomic E-state index is -1.10. The summed E-state index contributed by atoms with van der Waals surface area (Å²) >= 11 is 0. The molecule has 244 valence electrons. The molecule has 0 radical (unpaired) electrons. The average molecular weight is 635 g/mol. The van der Waals surface area contributed by atoms with Gasteiger partial charge in [0.25, 0.3) is 11.5 Å². The highest BCUT2D eigenvalue weighted by Gasteiger charge is 2.58. The number of hydrogen-bond donors (Lipinski definition) is 4. The van der Waals surface area contributed by atoms with Gasteiger partial charge in [0.2, 0.25) is 11.8 Å². The van der Waals surface area contributed by atoms with Gasteiger partial charge >= 0.3 is 11.9 Å². The van der Waals surface area contributed by atoms with E-state index in [1.165, 1.54) is 54.7 Å². The highest BCUT2D eigenvalue weighted by molar-refractivity contribution is 6.01. The molecule has 0 aliphatic heterocycles. The molecule has 2 aromatic rings. The Morgan fingerprint density at radius 3 is 2.59 bits per heavy atom. The molecule has 4 bridgehead atoms. The van der Waals surface area contributed by atoms with Crippen molar-refractivity contribution >= 4 is 35.3 Å². The number of hydrogen-bond acceptors (Lipinski definition) is 9. The van der Waals surface area contributed by atoms with Crippen molar-refractivity contribution < 1.29 is 33.8 Å². The normalized spacial score (nSPS) is 25.1. The summed E-state index contributed by atoms with van der Waals surface area (Å²) in [5.74, 6) is -2.38. The quantitative estimate of drug-likeness (QED) is 0.196. The number of aryl methyl sites for hydroxylation is 1. The highest BCUT2D eigenvalue weighted by atomic mass is 16.5. The summed E-state index contributed by atoms with van der Waals surface area (Å²) in [6.07, 6.45) is 10.7. The summed E-state index contributed by atoms with van der Waals surface area (Å²) in [5, 5.41) is 18.2. The maximum Gasteiger partial charge on any atom is 0.330 e. The number of pyridine rings is 1. The first-order valence-electron chi connectivity index (χ1n) is 15.3. The van der Waals surface area contributed by atoms with Gasteiger partial charge in [-0.1, -0.05) is 6.08 Å². The van der Waals surface area contributed by atoms with Crippen molar-refractivity contribution in [3.8, 4) is 0 Å². The summed E-state index contributed by atoms with van der Waals surface area (Å²) in [4.78, 5) is 84.1. The number of nitrogens with zero attached hydrogens (tertiary/aromatic N) is 3. The number of allylic oxidation sites excluding steroid dienone is 1. The lowest BCUT2D eigenvalue weighted by atomic mass is 9.48. The molecule has 6 rings (SSSR count). The number of carboxylic acid groups (broad SMARTS) is 1. The molecule has 14 heteroatoms. The van der Waals surface area contributed by atoms with Crippen LogP contribution in [0.2, 0.25) is 0 Å². The van der Waals surface area contributed by atoms with Gasteiger partial charge in [0.1, 0.15) is 24.6 Å². The topological polar surface area (TPSA) is 199 Å². The van der Waals surface area contributed by atoms with Gasteiger partial charge < -0.3 is 30.4 Å². The standard InChI is InChI=1S/C32H38N6O8/c1-18-22(15-33-17-34-18)28(41)35-23(6-3-4-8-26(40)46-2)29(42)36-24-7-5-9-38(30(24)43)16-25(39)37-27-20-10-19-11-21(27)14-32(12-19,13-20)31(44)45/h4-5,7-9,15,17,19-21,23,27H,3,6,10-14,16H2,1-2H3,(H,35,41)(H,36,42)(H,37,39)(H,44,45)/b8-4+/t19?,20?,21?,23-,27?,32?/m0/s1. The Labute approximate surface area is 265 Å². The van der Waals surface area contributed by atoms with Crippen LogP contribution in [0.25, 0.3) is 0 Å². The van der Waals surface area contributed by atoms with Crippen molar-refractivity contribution in [1.29, 1.82) is 0 Å². The van der Waals surface area contributed by atoms with Gasteiger partial charge in [-0.15, -0.1) is 0 Å². The van der Waals surface area contributed by atoms with Gasteiger partial charge in [0.05, 0.1) is 23.8 Å². The van der Waals surface area contributed by atoms with Crippen LogP contribution in [-0.2, 0) is 30.5 Å². The van der Waals surface area contributed by atoms with Crippen molar-refractivity contribution in [2.75, 3.05) is 12.4 Å². The summed E-state index contributed by atoms with van der Waals surface area (Å²) in [7, 11) is 1.24. The van der Waals surface area contributed by atoms with E-state index in [4.69, 9.17) is 0 Å². The number of aliphatic carboxylic acids is 1. The molecule has 4 aliphatic carbocycles. The van der Waals surface area contributed by atoms with Gasteiger partial charge in [0, 0.05) is 24.5 Å². The molecule has 2 heterocycles. The van der Waals surface area contributed by atoms with Gasteiger partial charge in [-0.05, 0) is 81.8 Å². The summed E-state index contributed by atoms with van der Waals surface area (Å²) in [6, 6.07) is 1.70. The minimum Gasteiger partial charge on any atom is -0.481 e. The molecular formula is C32H38N6O8. The second-order valence-electron chi connectivity index (χ2n) is 12.5. The Hall–Kier alpha value is -4.88. The van der Waals surface area contributed by atoms with E-state index >= 15 is 0 Å². The SMILES string of the molecule is COC(=O)/C=C/CC[C@H](NC(=O)c1cncnc1C)C(=O)Nc1cccn(CC(=O)NC2C3CC4CC2CC(C(=O)O)(C4)C3)c1=O. The number of methoxy groups -OCH3 is 1. The zero-order valence-corrected chi connectivity index (χ0v) is 25.7. The number of aromatic nitrogens is 3. The Balaban J connectivity index is 1.25. The molecule has 3 atom stereocenters. The van der Waals surface area contributed by atoms with Gasteiger partial charge in [-0.25, -0.2) is 14.8 Å². The summed E-state index contributed by atoms with van der Waals surface area (Å²) in [5.41, 5.74) is -0.790. The molecule has 0 aromatic carbocycles. The van der Waals surface area contributed by atoms with E-state index < -0.39 is 40.8 Å². The van der Waals surface area contributed by atoms with E-state index in [2.05, 4.69) is 30.7 Å². The third kappa shape index (κ3) is 7.00. The maximum absolute atomic E-state index is 13.4.